The van der Waals surface area contributed by atoms with Gasteiger partial charge in [-0.05, 0) is 43.5 Å². The van der Waals surface area contributed by atoms with Crippen LogP contribution in [0.25, 0.3) is 0 Å². The van der Waals surface area contributed by atoms with Gasteiger partial charge in [-0.2, -0.15) is 4.31 Å². The Kier molecular flexibility index (Phi) is 5.32. The Balaban J connectivity index is 0.00000180. The largest absolute Gasteiger partial charge is 0.329 e. The van der Waals surface area contributed by atoms with E-state index in [9.17, 15) is 12.8 Å². The monoisotopic (exact) mass is 308 g/mol. The summed E-state index contributed by atoms with van der Waals surface area (Å²) in [6, 6.07) is 3.60. The molecule has 0 aliphatic carbocycles. The molecular weight excluding hydrogens is 291 g/mol. The van der Waals surface area contributed by atoms with Crippen LogP contribution >= 0.6 is 12.4 Å². The van der Waals surface area contributed by atoms with Crippen molar-refractivity contribution in [2.45, 2.75) is 30.7 Å². The lowest BCUT2D eigenvalue weighted by atomic mass is 10.2. The summed E-state index contributed by atoms with van der Waals surface area (Å²) < 4.78 is 39.4. The maximum atomic E-state index is 13.0. The summed E-state index contributed by atoms with van der Waals surface area (Å²) in [5.41, 5.74) is 6.02. The number of rotatable bonds is 3. The number of sulfonamides is 1. The van der Waals surface area contributed by atoms with Crippen molar-refractivity contribution in [3.8, 4) is 0 Å². The third-order valence-corrected chi connectivity index (χ3v) is 5.43. The van der Waals surface area contributed by atoms with E-state index in [1.807, 2.05) is 0 Å². The van der Waals surface area contributed by atoms with Crippen molar-refractivity contribution in [1.82, 2.24) is 4.31 Å². The fourth-order valence-corrected chi connectivity index (χ4v) is 4.30. The van der Waals surface area contributed by atoms with Gasteiger partial charge in [0, 0.05) is 19.1 Å². The van der Waals surface area contributed by atoms with Gasteiger partial charge in [0.05, 0.1) is 4.90 Å². The van der Waals surface area contributed by atoms with Gasteiger partial charge in [0.15, 0.2) is 0 Å². The Bertz CT molecular complexity index is 551. The van der Waals surface area contributed by atoms with E-state index in [0.717, 1.165) is 12.8 Å². The first-order valence-corrected chi connectivity index (χ1v) is 7.39. The lowest BCUT2D eigenvalue weighted by Gasteiger charge is -2.23. The van der Waals surface area contributed by atoms with E-state index in [2.05, 4.69) is 0 Å². The third kappa shape index (κ3) is 3.08. The number of nitrogens with zero attached hydrogens (tertiary/aromatic N) is 1. The van der Waals surface area contributed by atoms with Crippen LogP contribution in [0.1, 0.15) is 18.4 Å². The van der Waals surface area contributed by atoms with Crippen LogP contribution in [-0.2, 0) is 10.0 Å². The Morgan fingerprint density at radius 1 is 1.47 bits per heavy atom. The topological polar surface area (TPSA) is 63.4 Å². The Labute approximate surface area is 119 Å². The Morgan fingerprint density at radius 3 is 2.74 bits per heavy atom. The van der Waals surface area contributed by atoms with Crippen molar-refractivity contribution in [1.29, 1.82) is 0 Å². The highest BCUT2D eigenvalue weighted by molar-refractivity contribution is 7.89. The number of aryl methyl sites for hydroxylation is 1. The zero-order valence-electron chi connectivity index (χ0n) is 10.7. The van der Waals surface area contributed by atoms with Crippen LogP contribution in [0.2, 0.25) is 0 Å². The average Bonchev–Trinajstić information content (AvgIpc) is 2.76. The van der Waals surface area contributed by atoms with Gasteiger partial charge in [0.2, 0.25) is 10.0 Å². The van der Waals surface area contributed by atoms with E-state index < -0.39 is 15.8 Å². The molecule has 1 atom stereocenters. The number of nitrogens with two attached hydrogens (primary N) is 1. The van der Waals surface area contributed by atoms with E-state index >= 15 is 0 Å². The van der Waals surface area contributed by atoms with Gasteiger partial charge in [0.25, 0.3) is 0 Å². The molecule has 1 aliphatic heterocycles. The summed E-state index contributed by atoms with van der Waals surface area (Å²) in [6.45, 7) is 2.41. The second-order valence-corrected chi connectivity index (χ2v) is 6.42. The first-order valence-electron chi connectivity index (χ1n) is 5.95. The number of benzene rings is 1. The molecule has 0 aromatic heterocycles. The summed E-state index contributed by atoms with van der Waals surface area (Å²) >= 11 is 0. The van der Waals surface area contributed by atoms with Gasteiger partial charge in [0.1, 0.15) is 5.82 Å². The molecule has 4 nitrogen and oxygen atoms in total. The van der Waals surface area contributed by atoms with Crippen LogP contribution in [-0.4, -0.2) is 31.9 Å². The highest BCUT2D eigenvalue weighted by Gasteiger charge is 2.35. The molecule has 1 aromatic rings. The fourth-order valence-electron chi connectivity index (χ4n) is 2.39. The Hall–Kier alpha value is -0.690. The third-order valence-electron chi connectivity index (χ3n) is 3.32. The second kappa shape index (κ2) is 6.17. The van der Waals surface area contributed by atoms with Gasteiger partial charge < -0.3 is 5.73 Å². The molecule has 1 unspecified atom stereocenters. The van der Waals surface area contributed by atoms with Crippen LogP contribution in [0.5, 0.6) is 0 Å². The van der Waals surface area contributed by atoms with E-state index in [1.54, 1.807) is 6.92 Å². The molecule has 0 bridgehead atoms. The number of hydrogen-bond donors (Lipinski definition) is 1. The lowest BCUT2D eigenvalue weighted by molar-refractivity contribution is 0.392. The Morgan fingerprint density at radius 2 is 2.16 bits per heavy atom. The highest BCUT2D eigenvalue weighted by atomic mass is 35.5. The number of halogens is 2. The highest BCUT2D eigenvalue weighted by Crippen LogP contribution is 2.27. The molecule has 1 saturated heterocycles. The van der Waals surface area contributed by atoms with E-state index in [-0.39, 0.29) is 23.3 Å². The second-order valence-electron chi connectivity index (χ2n) is 4.56. The molecule has 2 rings (SSSR count). The minimum absolute atomic E-state index is 0. The molecule has 1 heterocycles. The number of hydrogen-bond acceptors (Lipinski definition) is 3. The summed E-state index contributed by atoms with van der Waals surface area (Å²) in [5.74, 6) is -0.428. The molecule has 2 N–H and O–H groups in total. The molecular formula is C12H18ClFN2O2S. The molecule has 108 valence electrons. The van der Waals surface area contributed by atoms with Gasteiger partial charge >= 0.3 is 0 Å². The lowest BCUT2D eigenvalue weighted by Crippen LogP contribution is -2.40. The van der Waals surface area contributed by atoms with Crippen LogP contribution in [0.4, 0.5) is 4.39 Å². The van der Waals surface area contributed by atoms with Crippen LogP contribution in [0.15, 0.2) is 23.1 Å². The summed E-state index contributed by atoms with van der Waals surface area (Å²) in [4.78, 5) is 0.171. The summed E-state index contributed by atoms with van der Waals surface area (Å²) in [7, 11) is -3.56. The zero-order valence-corrected chi connectivity index (χ0v) is 12.3. The molecule has 1 fully saturated rings. The molecule has 0 saturated carbocycles. The average molecular weight is 309 g/mol. The van der Waals surface area contributed by atoms with E-state index in [1.165, 1.54) is 22.5 Å². The van der Waals surface area contributed by atoms with Crippen LogP contribution in [0, 0.1) is 12.7 Å². The fraction of sp³-hybridized carbons (Fsp3) is 0.500. The van der Waals surface area contributed by atoms with Crippen molar-refractivity contribution >= 4 is 22.4 Å². The zero-order chi connectivity index (χ0) is 13.3. The predicted molar refractivity (Wildman–Crippen MR) is 74.4 cm³/mol. The van der Waals surface area contributed by atoms with E-state index in [4.69, 9.17) is 5.73 Å². The summed E-state index contributed by atoms with van der Waals surface area (Å²) in [6.07, 6.45) is 1.61. The molecule has 1 aromatic carbocycles. The molecule has 7 heteroatoms. The maximum Gasteiger partial charge on any atom is 0.243 e. The normalized spacial score (nSPS) is 20.3. The molecule has 0 radical (unpaired) electrons. The van der Waals surface area contributed by atoms with Crippen molar-refractivity contribution in [2.24, 2.45) is 5.73 Å². The van der Waals surface area contributed by atoms with Gasteiger partial charge in [-0.1, -0.05) is 0 Å². The van der Waals surface area contributed by atoms with Crippen molar-refractivity contribution < 1.29 is 12.8 Å². The predicted octanol–water partition coefficient (Wildman–Crippen LogP) is 1.67. The first kappa shape index (κ1) is 16.4. The van der Waals surface area contributed by atoms with Crippen molar-refractivity contribution in [2.75, 3.05) is 13.1 Å². The smallest absolute Gasteiger partial charge is 0.243 e. The standard InChI is InChI=1S/C12H17FN2O2S.ClH/c1-9-7-10(13)4-5-12(9)18(16,17)15-6-2-3-11(15)8-14;/h4-5,7,11H,2-3,6,8,14H2,1H3;1H. The van der Waals surface area contributed by atoms with Crippen LogP contribution in [0.3, 0.4) is 0 Å². The van der Waals surface area contributed by atoms with Crippen LogP contribution < -0.4 is 5.73 Å². The van der Waals surface area contributed by atoms with Crippen molar-refractivity contribution in [3.63, 3.8) is 0 Å². The molecule has 0 amide bonds. The van der Waals surface area contributed by atoms with Gasteiger partial charge in [-0.15, -0.1) is 12.4 Å². The van der Waals surface area contributed by atoms with Crippen molar-refractivity contribution in [3.05, 3.63) is 29.6 Å². The molecule has 19 heavy (non-hydrogen) atoms. The van der Waals surface area contributed by atoms with E-state index in [0.29, 0.717) is 18.7 Å². The SMILES string of the molecule is Cc1cc(F)ccc1S(=O)(=O)N1CCCC1CN.Cl. The first-order chi connectivity index (χ1) is 8.46. The quantitative estimate of drug-likeness (QED) is 0.924. The minimum Gasteiger partial charge on any atom is -0.329 e. The summed E-state index contributed by atoms with van der Waals surface area (Å²) in [5, 5.41) is 0. The maximum absolute atomic E-state index is 13.0. The molecule has 0 spiro atoms. The minimum atomic E-state index is -3.56. The molecule has 1 aliphatic rings. The van der Waals surface area contributed by atoms with Gasteiger partial charge in [-0.25, -0.2) is 12.8 Å². The van der Waals surface area contributed by atoms with Gasteiger partial charge in [-0.3, -0.25) is 0 Å².